The molecule has 12 heavy (non-hydrogen) atoms. The van der Waals surface area contributed by atoms with Gasteiger partial charge in [-0.05, 0) is 0 Å². The summed E-state index contributed by atoms with van der Waals surface area (Å²) >= 11 is 0. The topological polar surface area (TPSA) is 27.7 Å². The third-order valence-electron chi connectivity index (χ3n) is 1.75. The van der Waals surface area contributed by atoms with Gasteiger partial charge in [-0.3, -0.25) is 0 Å². The molecule has 0 radical (unpaired) electrons. The van der Waals surface area contributed by atoms with Crippen molar-refractivity contribution in [3.05, 3.63) is 12.7 Å². The number of ether oxygens (including phenoxy) is 3. The average molecular weight is 172 g/mol. The van der Waals surface area contributed by atoms with Gasteiger partial charge in [0.05, 0.1) is 26.4 Å². The van der Waals surface area contributed by atoms with Crippen LogP contribution in [0.1, 0.15) is 6.92 Å². The van der Waals surface area contributed by atoms with Crippen LogP contribution in [0.3, 0.4) is 0 Å². The Bertz CT molecular complexity index is 139. The molecule has 0 spiro atoms. The number of hydrogen-bond acceptors (Lipinski definition) is 3. The van der Waals surface area contributed by atoms with Crippen LogP contribution in [-0.2, 0) is 14.2 Å². The Kier molecular flexibility index (Phi) is 3.72. The first-order valence-corrected chi connectivity index (χ1v) is 4.11. The third kappa shape index (κ3) is 2.93. The monoisotopic (exact) mass is 172 g/mol. The summed E-state index contributed by atoms with van der Waals surface area (Å²) in [6.07, 6.45) is 1.74. The zero-order valence-corrected chi connectivity index (χ0v) is 7.54. The first kappa shape index (κ1) is 9.71. The lowest BCUT2D eigenvalue weighted by atomic mass is 9.94. The molecule has 1 rings (SSSR count). The maximum atomic E-state index is 5.35. The van der Waals surface area contributed by atoms with Crippen LogP contribution in [0.5, 0.6) is 0 Å². The number of hydrogen-bond donors (Lipinski definition) is 0. The lowest BCUT2D eigenvalue weighted by Gasteiger charge is -2.32. The van der Waals surface area contributed by atoms with Gasteiger partial charge in [0.25, 0.3) is 0 Å². The molecule has 1 aliphatic heterocycles. The van der Waals surface area contributed by atoms with Crippen LogP contribution >= 0.6 is 0 Å². The quantitative estimate of drug-likeness (QED) is 0.471. The van der Waals surface area contributed by atoms with Gasteiger partial charge in [-0.15, -0.1) is 6.58 Å². The van der Waals surface area contributed by atoms with Gasteiger partial charge in [-0.1, -0.05) is 13.0 Å². The van der Waals surface area contributed by atoms with E-state index in [1.807, 2.05) is 0 Å². The fourth-order valence-corrected chi connectivity index (χ4v) is 1.15. The molecule has 0 aliphatic carbocycles. The highest BCUT2D eigenvalue weighted by Gasteiger charge is 2.28. The Hall–Kier alpha value is -0.380. The molecule has 0 unspecified atom stereocenters. The Morgan fingerprint density at radius 3 is 2.75 bits per heavy atom. The highest BCUT2D eigenvalue weighted by molar-refractivity contribution is 4.75. The summed E-state index contributed by atoms with van der Waals surface area (Å²) in [6, 6.07) is 0. The van der Waals surface area contributed by atoms with E-state index >= 15 is 0 Å². The van der Waals surface area contributed by atoms with Gasteiger partial charge in [-0.2, -0.15) is 0 Å². The molecule has 0 aromatic carbocycles. The van der Waals surface area contributed by atoms with Crippen molar-refractivity contribution in [3.63, 3.8) is 0 Å². The van der Waals surface area contributed by atoms with Crippen LogP contribution in [0.15, 0.2) is 12.7 Å². The minimum atomic E-state index is 0.0151. The van der Waals surface area contributed by atoms with E-state index in [0.717, 1.165) is 0 Å². The predicted octanol–water partition coefficient (Wildman–Crippen LogP) is 1.20. The molecule has 3 nitrogen and oxygen atoms in total. The highest BCUT2D eigenvalue weighted by atomic mass is 16.7. The summed E-state index contributed by atoms with van der Waals surface area (Å²) in [5, 5.41) is 0. The summed E-state index contributed by atoms with van der Waals surface area (Å²) in [4.78, 5) is 0. The Labute approximate surface area is 73.3 Å². The standard InChI is InChI=1S/C9H16O3/c1-3-4-10-5-9(2)6-11-8-12-7-9/h3H,1,4-8H2,2H3. The SMILES string of the molecule is C=CCOCC1(C)COCOC1. The van der Waals surface area contributed by atoms with Gasteiger partial charge in [0.1, 0.15) is 6.79 Å². The van der Waals surface area contributed by atoms with Crippen LogP contribution in [0.2, 0.25) is 0 Å². The highest BCUT2D eigenvalue weighted by Crippen LogP contribution is 2.21. The first-order valence-electron chi connectivity index (χ1n) is 4.11. The predicted molar refractivity (Wildman–Crippen MR) is 45.9 cm³/mol. The lowest BCUT2D eigenvalue weighted by Crippen LogP contribution is -2.38. The van der Waals surface area contributed by atoms with E-state index in [2.05, 4.69) is 13.5 Å². The molecule has 1 aliphatic rings. The Morgan fingerprint density at radius 1 is 1.50 bits per heavy atom. The van der Waals surface area contributed by atoms with Crippen molar-refractivity contribution in [1.29, 1.82) is 0 Å². The van der Waals surface area contributed by atoms with E-state index in [-0.39, 0.29) is 5.41 Å². The molecule has 0 aromatic heterocycles. The van der Waals surface area contributed by atoms with Gasteiger partial charge in [-0.25, -0.2) is 0 Å². The molecular weight excluding hydrogens is 156 g/mol. The van der Waals surface area contributed by atoms with Crippen molar-refractivity contribution in [2.24, 2.45) is 5.41 Å². The van der Waals surface area contributed by atoms with Gasteiger partial charge >= 0.3 is 0 Å². The van der Waals surface area contributed by atoms with E-state index in [1.165, 1.54) is 0 Å². The van der Waals surface area contributed by atoms with Crippen molar-refractivity contribution in [3.8, 4) is 0 Å². The minimum absolute atomic E-state index is 0.0151. The fraction of sp³-hybridized carbons (Fsp3) is 0.778. The fourth-order valence-electron chi connectivity index (χ4n) is 1.15. The third-order valence-corrected chi connectivity index (χ3v) is 1.75. The van der Waals surface area contributed by atoms with Crippen LogP contribution in [0, 0.1) is 5.41 Å². The molecule has 3 heteroatoms. The Balaban J connectivity index is 2.21. The largest absolute Gasteiger partial charge is 0.377 e. The van der Waals surface area contributed by atoms with Crippen LogP contribution in [0.4, 0.5) is 0 Å². The molecule has 0 N–H and O–H groups in total. The molecule has 0 aromatic rings. The number of rotatable bonds is 4. The zero-order chi connectivity index (χ0) is 8.86. The van der Waals surface area contributed by atoms with Gasteiger partial charge in [0, 0.05) is 5.41 Å². The molecule has 1 saturated heterocycles. The second kappa shape index (κ2) is 4.60. The zero-order valence-electron chi connectivity index (χ0n) is 7.54. The van der Waals surface area contributed by atoms with Crippen LogP contribution in [-0.4, -0.2) is 33.2 Å². The second-order valence-corrected chi connectivity index (χ2v) is 3.43. The summed E-state index contributed by atoms with van der Waals surface area (Å²) in [5.41, 5.74) is 0.0151. The van der Waals surface area contributed by atoms with Crippen molar-refractivity contribution >= 4 is 0 Å². The smallest absolute Gasteiger partial charge is 0.146 e. The summed E-state index contributed by atoms with van der Waals surface area (Å²) in [6.45, 7) is 8.77. The van der Waals surface area contributed by atoms with Crippen molar-refractivity contribution in [1.82, 2.24) is 0 Å². The van der Waals surface area contributed by atoms with Gasteiger partial charge in [0.15, 0.2) is 0 Å². The van der Waals surface area contributed by atoms with Crippen LogP contribution < -0.4 is 0 Å². The maximum Gasteiger partial charge on any atom is 0.146 e. The van der Waals surface area contributed by atoms with E-state index in [0.29, 0.717) is 33.2 Å². The molecule has 1 fully saturated rings. The molecule has 0 saturated carbocycles. The lowest BCUT2D eigenvalue weighted by molar-refractivity contribution is -0.174. The first-order chi connectivity index (χ1) is 5.77. The molecule has 0 atom stereocenters. The second-order valence-electron chi connectivity index (χ2n) is 3.43. The van der Waals surface area contributed by atoms with Crippen molar-refractivity contribution < 1.29 is 14.2 Å². The average Bonchev–Trinajstić information content (AvgIpc) is 2.06. The van der Waals surface area contributed by atoms with Gasteiger partial charge < -0.3 is 14.2 Å². The van der Waals surface area contributed by atoms with Crippen molar-refractivity contribution in [2.75, 3.05) is 33.2 Å². The van der Waals surface area contributed by atoms with E-state index in [9.17, 15) is 0 Å². The molecule has 1 heterocycles. The molecule has 0 amide bonds. The van der Waals surface area contributed by atoms with E-state index in [4.69, 9.17) is 14.2 Å². The van der Waals surface area contributed by atoms with Crippen molar-refractivity contribution in [2.45, 2.75) is 6.92 Å². The molecule has 0 bridgehead atoms. The summed E-state index contributed by atoms with van der Waals surface area (Å²) < 4.78 is 15.7. The minimum Gasteiger partial charge on any atom is -0.377 e. The van der Waals surface area contributed by atoms with E-state index in [1.54, 1.807) is 6.08 Å². The molecule has 70 valence electrons. The normalized spacial score (nSPS) is 22.1. The Morgan fingerprint density at radius 2 is 2.17 bits per heavy atom. The molecular formula is C9H16O3. The maximum absolute atomic E-state index is 5.35. The van der Waals surface area contributed by atoms with E-state index < -0.39 is 0 Å². The summed E-state index contributed by atoms with van der Waals surface area (Å²) in [5.74, 6) is 0. The van der Waals surface area contributed by atoms with Crippen LogP contribution in [0.25, 0.3) is 0 Å². The van der Waals surface area contributed by atoms with Gasteiger partial charge in [0.2, 0.25) is 0 Å². The summed E-state index contributed by atoms with van der Waals surface area (Å²) in [7, 11) is 0.